The summed E-state index contributed by atoms with van der Waals surface area (Å²) in [7, 11) is -1.00. The number of ketones is 2. The summed E-state index contributed by atoms with van der Waals surface area (Å²) in [4.78, 5) is 250. The quantitative estimate of drug-likeness (QED) is 0.0117. The van der Waals surface area contributed by atoms with Crippen LogP contribution >= 0.6 is 0 Å². The number of hydrogen-bond acceptors (Lipinski definition) is 43. The summed E-state index contributed by atoms with van der Waals surface area (Å²) in [6.45, 7) is 17.9. The normalized spacial score (nSPS) is 25.7. The number of aliphatic hydroxyl groups is 4. The highest BCUT2D eigenvalue weighted by Crippen LogP contribution is 2.34. The molecule has 22 atom stereocenters. The molecule has 53 nitrogen and oxygen atoms in total. The van der Waals surface area contributed by atoms with Crippen molar-refractivity contribution in [1.29, 1.82) is 0 Å². The second kappa shape index (κ2) is 63.6. The van der Waals surface area contributed by atoms with Gasteiger partial charge in [-0.2, -0.15) is 0 Å². The van der Waals surface area contributed by atoms with Gasteiger partial charge >= 0.3 is 77.6 Å². The number of amides is 7. The number of Topliss-reactive ketones (excluding diaryl/α,β-unsaturated/α-hetero) is 2. The third-order valence-electron chi connectivity index (χ3n) is 19.9. The molecule has 0 bridgehead atoms. The Hall–Kier alpha value is -11.7. The number of aliphatic hydroxyl groups excluding tert-OH is 3. The number of esters is 10. The fourth-order valence-corrected chi connectivity index (χ4v) is 13.2. The third kappa shape index (κ3) is 47.3. The van der Waals surface area contributed by atoms with E-state index in [1.165, 1.54) is 69.2 Å². The average molecular weight is 1980 g/mol. The third-order valence-corrected chi connectivity index (χ3v) is 19.9. The van der Waals surface area contributed by atoms with Crippen LogP contribution in [-0.4, -0.2) is 362 Å². The molecule has 5 saturated heterocycles. The second-order valence-electron chi connectivity index (χ2n) is 31.2. The van der Waals surface area contributed by atoms with Crippen molar-refractivity contribution in [3.05, 3.63) is 11.6 Å². The van der Waals surface area contributed by atoms with Gasteiger partial charge in [-0.25, -0.2) is 14.4 Å². The number of carbonyl (C=O) groups is 22. The van der Waals surface area contributed by atoms with Gasteiger partial charge in [0.2, 0.25) is 41.4 Å². The summed E-state index contributed by atoms with van der Waals surface area (Å²) in [6, 6.07) is -3.56. The molecule has 137 heavy (non-hydrogen) atoms. The number of alkyl halides is 1. The molecule has 6 heterocycles. The van der Waals surface area contributed by atoms with Gasteiger partial charge in [0.05, 0.1) is 66.4 Å². The van der Waals surface area contributed by atoms with Crippen molar-refractivity contribution in [3.63, 3.8) is 0 Å². The van der Waals surface area contributed by atoms with E-state index in [1.54, 1.807) is 20.8 Å². The summed E-state index contributed by atoms with van der Waals surface area (Å²) in [6.07, 6.45) is -13.8. The van der Waals surface area contributed by atoms with Crippen LogP contribution in [0.4, 0.5) is 4.39 Å². The first-order valence-electron chi connectivity index (χ1n) is 43.3. The van der Waals surface area contributed by atoms with Crippen LogP contribution in [0.2, 0.25) is 0 Å². The topological polar surface area (TPSA) is 775 Å². The Morgan fingerprint density at radius 3 is 1.09 bits per heavy atom. The van der Waals surface area contributed by atoms with Crippen LogP contribution in [0.15, 0.2) is 11.6 Å². The highest BCUT2D eigenvalue weighted by atomic mass is 19.1. The van der Waals surface area contributed by atoms with Crippen molar-refractivity contribution in [2.24, 2.45) is 29.4 Å². The van der Waals surface area contributed by atoms with E-state index in [0.717, 1.165) is 13.0 Å². The van der Waals surface area contributed by atoms with Crippen molar-refractivity contribution in [1.82, 2.24) is 37.2 Å². The highest BCUT2D eigenvalue weighted by molar-refractivity contribution is 6.11. The molecule has 0 radical (unpaired) electrons. The Labute approximate surface area is 786 Å². The molecule has 7 amide bonds. The van der Waals surface area contributed by atoms with E-state index in [-0.39, 0.29) is 141 Å². The molecular formula is C83H127FN8O45. The fourth-order valence-electron chi connectivity index (χ4n) is 13.2. The Morgan fingerprint density at radius 2 is 0.810 bits per heavy atom. The lowest BCUT2D eigenvalue weighted by Crippen LogP contribution is -2.64. The van der Waals surface area contributed by atoms with Crippen molar-refractivity contribution in [2.45, 2.75) is 271 Å². The van der Waals surface area contributed by atoms with Crippen molar-refractivity contribution < 1.29 is 223 Å². The number of rotatable bonds is 45. The minimum atomic E-state index is -2.68. The maximum Gasteiger partial charge on any atom is 0.342 e. The Kier molecular flexibility index (Phi) is 56.4. The van der Waals surface area contributed by atoms with Crippen LogP contribution in [0, 0.1) is 23.7 Å². The van der Waals surface area contributed by atoms with E-state index >= 15 is 0 Å². The van der Waals surface area contributed by atoms with E-state index in [9.17, 15) is 135 Å². The van der Waals surface area contributed by atoms with Gasteiger partial charge in [0.25, 0.3) is 0 Å². The number of cyclic esters (lactones) is 4. The number of hydrogen-bond donors (Lipinski definition) is 15. The van der Waals surface area contributed by atoms with Gasteiger partial charge in [0, 0.05) is 164 Å². The van der Waals surface area contributed by atoms with Crippen LogP contribution in [-0.2, 0) is 181 Å². The first kappa shape index (κ1) is 121. The van der Waals surface area contributed by atoms with Gasteiger partial charge in [-0.05, 0) is 6.92 Å². The number of aliphatic carboxylic acids is 3. The lowest BCUT2D eigenvalue weighted by atomic mass is 9.84. The number of halogens is 1. The second-order valence-corrected chi connectivity index (χ2v) is 31.2. The molecule has 776 valence electrons. The molecule has 5 fully saturated rings. The van der Waals surface area contributed by atoms with Crippen LogP contribution in [0.5, 0.6) is 0 Å². The highest BCUT2D eigenvalue weighted by Gasteiger charge is 2.52. The summed E-state index contributed by atoms with van der Waals surface area (Å²) in [5.41, 5.74) is 2.71. The molecule has 54 heteroatoms. The zero-order valence-electron chi connectivity index (χ0n) is 79.1. The van der Waals surface area contributed by atoms with Crippen LogP contribution in [0.1, 0.15) is 163 Å². The molecule has 0 aliphatic carbocycles. The van der Waals surface area contributed by atoms with Crippen LogP contribution < -0.4 is 43.0 Å². The first-order chi connectivity index (χ1) is 64.5. The monoisotopic (exact) mass is 1980 g/mol. The molecule has 0 saturated carbocycles. The summed E-state index contributed by atoms with van der Waals surface area (Å²) >= 11 is 0. The van der Waals surface area contributed by atoms with Gasteiger partial charge < -0.3 is 154 Å². The smallest absolute Gasteiger partial charge is 0.342 e. The van der Waals surface area contributed by atoms with Crippen molar-refractivity contribution in [2.75, 3.05) is 86.2 Å². The van der Waals surface area contributed by atoms with Crippen LogP contribution in [0.25, 0.3) is 0 Å². The molecule has 6 rings (SSSR count). The molecule has 0 aromatic heterocycles. The van der Waals surface area contributed by atoms with Gasteiger partial charge in [0.1, 0.15) is 116 Å². The minimum Gasteiger partial charge on any atom is -0.481 e. The zero-order valence-corrected chi connectivity index (χ0v) is 78.1. The largest absolute Gasteiger partial charge is 0.481 e. The van der Waals surface area contributed by atoms with E-state index in [4.69, 9.17) is 83.6 Å². The molecule has 16 N–H and O–H groups in total. The van der Waals surface area contributed by atoms with E-state index < -0.39 is 279 Å². The zero-order chi connectivity index (χ0) is 105. The number of nitrogens with one attached hydrogen (secondary N) is 7. The Morgan fingerprint density at radius 1 is 0.482 bits per heavy atom. The van der Waals surface area contributed by atoms with E-state index in [0.29, 0.717) is 0 Å². The maximum atomic E-state index is 12.2. The van der Waals surface area contributed by atoms with Gasteiger partial charge in [-0.3, -0.25) is 95.5 Å². The summed E-state index contributed by atoms with van der Waals surface area (Å²) in [5, 5.41) is 84.0. The molecule has 0 aromatic rings. The molecule has 6 aliphatic heterocycles. The van der Waals surface area contributed by atoms with E-state index in [2.05, 4.69) is 46.7 Å². The Balaban J connectivity index is 0.000000899. The first-order valence-corrected chi connectivity index (χ1v) is 42.6. The van der Waals surface area contributed by atoms with Gasteiger partial charge in [-0.15, -0.1) is 0 Å². The molecular weight excluding hydrogens is 1850 g/mol. The lowest BCUT2D eigenvalue weighted by Gasteiger charge is -2.44. The number of carbonyl (C=O) groups excluding carboxylic acids is 19. The lowest BCUT2D eigenvalue weighted by molar-refractivity contribution is -0.269. The molecule has 22 unspecified atom stereocenters. The summed E-state index contributed by atoms with van der Waals surface area (Å²) < 4.78 is 100. The number of nitrogens with two attached hydrogens (primary N) is 1. The van der Waals surface area contributed by atoms with Gasteiger partial charge in [0.15, 0.2) is 30.8 Å². The number of carboxylic acid groups (broad SMARTS) is 3. The average Bonchev–Trinajstić information content (AvgIpc) is 0.861. The standard InChI is InChI=1S/C25H38N2O14.C19H26N2O11.C19H30N2O10.C15H26N2O7.C4H4O3.CH3F/c1-12-18(11-39-14(3)29)41-23(20(27-13(2)28)21(12)40-15(4)30)38-9-8-26-19(32)7-6-16(31)10-17(22(33)34)25(5,37)24(35)36;1-9(23)21-15-17(28)16(27)12(8-22)31-19(15)30-5-4-20-13(25)3-2-11(24)6-10-7-14(26)32-18(10)29;1-10-14(9-29-12(3)23)31-19(17(21-11(2)22)18(10)30-13(4)24)28-8-7-20-15(25)5-6-16(26)27;1-8-12(7-22-10(3)19)24-15(21-6-5-16)13(17-9(2)18)14(8)23-11(4)20;5-3-1-2-4(6)7-3;1-2/h12,17-18,20-21,23,37H,6-11H2,1-5H3,(H,26,32)(H,27,28)(H,33,34)(H,35,36);7,12,15-17,19,22,27-28H,2-6,8H2,1H3,(H,20,25)(H,21,23);10,14,17-19H,5-9H2,1-4H3,(H,20,25)(H,21,22)(H,26,27);8,12-15H,5-7,16H2,1-4H3,(H,17,18);1-2H2;1H3/i;;;;;1D. The predicted octanol–water partition coefficient (Wildman–Crippen LogP) is -5.33. The number of carboxylic acids is 3. The molecule has 6 aliphatic rings. The van der Waals surface area contributed by atoms with E-state index in [1.807, 2.05) is 0 Å². The van der Waals surface area contributed by atoms with Gasteiger partial charge in [-0.1, -0.05) is 20.8 Å². The SMILES string of the molecule is CC(=O)NC1C(OCCN)OC(COC(C)=O)C(C)C1OC(C)=O.CC(=O)NC1C(OCCNC(=O)CCC(=O)CC(C(=O)O)C(C)(O)C(=O)O)OC(COC(C)=O)C(C)C1OC(C)=O.CC(=O)NC1C(OCCNC(=O)CCC(=O)CC2=CC(=O)OC2=O)OC(CO)C(O)C1O.CC(=O)NC1C(OCCNC(=O)CCC(=O)O)OC(COC(C)=O)C(C)C1OC(C)=O.O=C1CCC(=O)O1.[2H]CF. The molecule has 0 spiro atoms. The summed E-state index contributed by atoms with van der Waals surface area (Å²) in [5.74, 6) is -17.7. The van der Waals surface area contributed by atoms with Crippen molar-refractivity contribution in [3.8, 4) is 0 Å². The Bertz CT molecular complexity index is 4150. The maximum absolute atomic E-state index is 12.2. The fraction of sp³-hybridized carbons (Fsp3) is 0.711. The number of ether oxygens (including phenoxy) is 16. The predicted molar refractivity (Wildman–Crippen MR) is 451 cm³/mol. The van der Waals surface area contributed by atoms with Crippen LogP contribution in [0.3, 0.4) is 0 Å². The molecule has 0 aromatic carbocycles. The minimum absolute atomic E-state index is 0.00803. The van der Waals surface area contributed by atoms with Crippen molar-refractivity contribution >= 4 is 131 Å².